The number of piperazine rings is 1. The van der Waals surface area contributed by atoms with E-state index in [2.05, 4.69) is 71.9 Å². The van der Waals surface area contributed by atoms with Gasteiger partial charge in [-0.1, -0.05) is 36.4 Å². The lowest BCUT2D eigenvalue weighted by Gasteiger charge is -2.42. The van der Waals surface area contributed by atoms with Crippen molar-refractivity contribution in [2.75, 3.05) is 38.5 Å². The Morgan fingerprint density at radius 2 is 1.70 bits per heavy atom. The molecule has 1 saturated carbocycles. The lowest BCUT2D eigenvalue weighted by atomic mass is 9.90. The number of hydrogen-bond donors (Lipinski definition) is 3. The summed E-state index contributed by atoms with van der Waals surface area (Å²) in [4.78, 5) is 22.6. The van der Waals surface area contributed by atoms with Crippen molar-refractivity contribution in [3.63, 3.8) is 0 Å². The van der Waals surface area contributed by atoms with Gasteiger partial charge in [-0.3, -0.25) is 4.90 Å². The first-order valence-electron chi connectivity index (χ1n) is 16.0. The number of H-pyrrole nitrogens is 1. The van der Waals surface area contributed by atoms with Crippen molar-refractivity contribution in [2.45, 2.75) is 70.1 Å². The largest absolute Gasteiger partial charge is 0.390 e. The zero-order valence-electron chi connectivity index (χ0n) is 25.8. The highest BCUT2D eigenvalue weighted by Gasteiger charge is 2.31. The van der Waals surface area contributed by atoms with Crippen LogP contribution in [-0.2, 0) is 6.42 Å². The Hall–Kier alpha value is -3.86. The number of nitrogens with two attached hydrogens (primary N) is 1. The predicted molar refractivity (Wildman–Crippen MR) is 174 cm³/mol. The molecule has 5 aromatic rings. The van der Waals surface area contributed by atoms with Crippen LogP contribution in [-0.4, -0.2) is 89.0 Å². The fourth-order valence-electron chi connectivity index (χ4n) is 6.98. The van der Waals surface area contributed by atoms with E-state index in [9.17, 15) is 5.11 Å². The van der Waals surface area contributed by atoms with E-state index in [1.807, 2.05) is 19.9 Å². The molecule has 0 amide bonds. The zero-order chi connectivity index (χ0) is 30.3. The molecule has 2 aliphatic rings. The summed E-state index contributed by atoms with van der Waals surface area (Å²) in [6, 6.07) is 17.5. The van der Waals surface area contributed by atoms with Crippen molar-refractivity contribution in [1.29, 1.82) is 0 Å². The van der Waals surface area contributed by atoms with Gasteiger partial charge in [0.1, 0.15) is 23.7 Å². The van der Waals surface area contributed by atoms with Gasteiger partial charge in [-0.15, -0.1) is 0 Å². The second kappa shape index (κ2) is 11.9. The SMILES string of the molecule is CC(C)(O)CCN1CCN([C@H]2CC[C@H](n3nc(-c4ccc5[nH]c(Cc6ccccc6)nc5c4)c4c(N)ncnc43)CC2)CC1. The Kier molecular flexibility index (Phi) is 7.82. The first-order chi connectivity index (χ1) is 21.3. The van der Waals surface area contributed by atoms with Gasteiger partial charge < -0.3 is 20.7 Å². The maximum atomic E-state index is 10.1. The molecule has 1 aliphatic carbocycles. The highest BCUT2D eigenvalue weighted by atomic mass is 16.3. The molecule has 2 fully saturated rings. The van der Waals surface area contributed by atoms with Crippen molar-refractivity contribution in [1.82, 2.24) is 39.5 Å². The molecule has 230 valence electrons. The third-order valence-corrected chi connectivity index (χ3v) is 9.51. The summed E-state index contributed by atoms with van der Waals surface area (Å²) in [5.41, 5.74) is 11.6. The molecular formula is C34H43N9O. The molecule has 7 rings (SSSR count). The van der Waals surface area contributed by atoms with Crippen molar-refractivity contribution >= 4 is 27.9 Å². The van der Waals surface area contributed by atoms with Crippen molar-refractivity contribution in [3.05, 3.63) is 66.2 Å². The Morgan fingerprint density at radius 3 is 2.45 bits per heavy atom. The van der Waals surface area contributed by atoms with Crippen LogP contribution in [0.15, 0.2) is 54.9 Å². The summed E-state index contributed by atoms with van der Waals surface area (Å²) >= 11 is 0. The number of benzene rings is 2. The van der Waals surface area contributed by atoms with Crippen LogP contribution in [0.5, 0.6) is 0 Å². The van der Waals surface area contributed by atoms with Gasteiger partial charge in [-0.25, -0.2) is 19.6 Å². The summed E-state index contributed by atoms with van der Waals surface area (Å²) in [7, 11) is 0. The van der Waals surface area contributed by atoms with E-state index in [0.717, 1.165) is 110 Å². The van der Waals surface area contributed by atoms with E-state index in [0.29, 0.717) is 11.9 Å². The number of nitrogens with zero attached hydrogens (tertiary/aromatic N) is 7. The molecule has 2 aromatic carbocycles. The molecule has 10 heteroatoms. The Labute approximate surface area is 258 Å². The highest BCUT2D eigenvalue weighted by molar-refractivity contribution is 5.99. The Balaban J connectivity index is 1.07. The van der Waals surface area contributed by atoms with Gasteiger partial charge in [0, 0.05) is 50.7 Å². The van der Waals surface area contributed by atoms with E-state index in [-0.39, 0.29) is 6.04 Å². The van der Waals surface area contributed by atoms with Gasteiger partial charge >= 0.3 is 0 Å². The van der Waals surface area contributed by atoms with E-state index < -0.39 is 5.60 Å². The minimum atomic E-state index is -0.598. The molecule has 1 saturated heterocycles. The lowest BCUT2D eigenvalue weighted by molar-refractivity contribution is 0.0356. The van der Waals surface area contributed by atoms with Crippen molar-refractivity contribution in [3.8, 4) is 11.3 Å². The van der Waals surface area contributed by atoms with Crippen LogP contribution >= 0.6 is 0 Å². The molecule has 1 aliphatic heterocycles. The van der Waals surface area contributed by atoms with Crippen LogP contribution < -0.4 is 5.73 Å². The third kappa shape index (κ3) is 6.06. The number of nitrogen functional groups attached to an aromatic ring is 1. The standard InChI is InChI=1S/C34H43N9O/c1-34(2,44)14-15-41-16-18-42(19-17-41)25-9-11-26(12-10-25)43-33-30(32(35)36-22-37-33)31(40-43)24-8-13-27-28(21-24)39-29(38-27)20-23-6-4-3-5-7-23/h3-8,13,21-22,25-26,44H,9-12,14-20H2,1-2H3,(H,38,39)(H2,35,36,37)/t25-,26-. The Bertz CT molecular complexity index is 1720. The molecule has 4 heterocycles. The molecule has 0 radical (unpaired) electrons. The van der Waals surface area contributed by atoms with E-state index in [1.54, 1.807) is 6.33 Å². The Morgan fingerprint density at radius 1 is 0.955 bits per heavy atom. The summed E-state index contributed by atoms with van der Waals surface area (Å²) in [6.45, 7) is 9.11. The number of hydrogen-bond acceptors (Lipinski definition) is 8. The number of anilines is 1. The number of rotatable bonds is 8. The quantitative estimate of drug-likeness (QED) is 0.234. The van der Waals surface area contributed by atoms with Crippen molar-refractivity contribution in [2.24, 2.45) is 0 Å². The van der Waals surface area contributed by atoms with Gasteiger partial charge in [0.2, 0.25) is 0 Å². The van der Waals surface area contributed by atoms with Crippen LogP contribution in [0.3, 0.4) is 0 Å². The van der Waals surface area contributed by atoms with E-state index >= 15 is 0 Å². The first-order valence-corrected chi connectivity index (χ1v) is 16.0. The molecule has 44 heavy (non-hydrogen) atoms. The molecule has 4 N–H and O–H groups in total. The molecule has 3 aromatic heterocycles. The molecular weight excluding hydrogens is 550 g/mol. The maximum Gasteiger partial charge on any atom is 0.164 e. The van der Waals surface area contributed by atoms with Crippen LogP contribution in [0.4, 0.5) is 5.82 Å². The predicted octanol–water partition coefficient (Wildman–Crippen LogP) is 4.80. The average Bonchev–Trinajstić information content (AvgIpc) is 3.62. The molecule has 0 unspecified atom stereocenters. The number of nitrogens with one attached hydrogen (secondary N) is 1. The smallest absolute Gasteiger partial charge is 0.164 e. The topological polar surface area (TPSA) is 125 Å². The van der Waals surface area contributed by atoms with Gasteiger partial charge in [-0.05, 0) is 63.6 Å². The molecule has 10 nitrogen and oxygen atoms in total. The van der Waals surface area contributed by atoms with E-state index in [1.165, 1.54) is 5.56 Å². The van der Waals surface area contributed by atoms with Crippen LogP contribution in [0, 0.1) is 0 Å². The summed E-state index contributed by atoms with van der Waals surface area (Å²) < 4.78 is 2.11. The van der Waals surface area contributed by atoms with Crippen LogP contribution in [0.2, 0.25) is 0 Å². The first kappa shape index (κ1) is 28.9. The van der Waals surface area contributed by atoms with Crippen LogP contribution in [0.1, 0.15) is 63.4 Å². The number of aromatic nitrogens is 6. The molecule has 0 bridgehead atoms. The fourth-order valence-corrected chi connectivity index (χ4v) is 6.98. The third-order valence-electron chi connectivity index (χ3n) is 9.51. The lowest BCUT2D eigenvalue weighted by Crippen LogP contribution is -2.51. The average molecular weight is 594 g/mol. The monoisotopic (exact) mass is 593 g/mol. The summed E-state index contributed by atoms with van der Waals surface area (Å²) in [5.74, 6) is 1.40. The number of aliphatic hydroxyl groups is 1. The minimum Gasteiger partial charge on any atom is -0.390 e. The maximum absolute atomic E-state index is 10.1. The zero-order valence-corrected chi connectivity index (χ0v) is 25.8. The number of aromatic amines is 1. The summed E-state index contributed by atoms with van der Waals surface area (Å²) in [5, 5.41) is 16.1. The second-order valence-corrected chi connectivity index (χ2v) is 13.2. The molecule has 0 atom stereocenters. The number of fused-ring (bicyclic) bond motifs is 2. The minimum absolute atomic E-state index is 0.275. The normalized spacial score (nSPS) is 20.5. The fraction of sp³-hybridized carbons (Fsp3) is 0.471. The molecule has 0 spiro atoms. The highest BCUT2D eigenvalue weighted by Crippen LogP contribution is 2.37. The van der Waals surface area contributed by atoms with Gasteiger partial charge in [0.25, 0.3) is 0 Å². The van der Waals surface area contributed by atoms with E-state index in [4.69, 9.17) is 15.8 Å². The van der Waals surface area contributed by atoms with Gasteiger partial charge in [-0.2, -0.15) is 5.10 Å². The number of imidazole rings is 1. The van der Waals surface area contributed by atoms with Gasteiger partial charge in [0.05, 0.1) is 28.1 Å². The summed E-state index contributed by atoms with van der Waals surface area (Å²) in [6.07, 6.45) is 7.54. The van der Waals surface area contributed by atoms with Gasteiger partial charge in [0.15, 0.2) is 5.65 Å². The second-order valence-electron chi connectivity index (χ2n) is 13.2. The van der Waals surface area contributed by atoms with Crippen LogP contribution in [0.25, 0.3) is 33.3 Å². The van der Waals surface area contributed by atoms with Crippen molar-refractivity contribution < 1.29 is 5.11 Å².